The number of nitrogens with one attached hydrogen (secondary N) is 1. The van der Waals surface area contributed by atoms with Gasteiger partial charge in [0.2, 0.25) is 12.2 Å². The standard InChI is InChI=1S/C21H33N4/c1-2-6-19(7-3-1)12-14-25(15-13-22-17-25)21-16-23-20(24-21)11-10-18-8-4-5-9-18/h13,15-19H,1-12,14H2,(H,23,24)/q+1. The second kappa shape index (κ2) is 7.86. The van der Waals surface area contributed by atoms with Crippen LogP contribution in [0.5, 0.6) is 0 Å². The summed E-state index contributed by atoms with van der Waals surface area (Å²) in [7, 11) is 0. The van der Waals surface area contributed by atoms with Crippen LogP contribution in [0.2, 0.25) is 0 Å². The smallest absolute Gasteiger partial charge is 0.236 e. The lowest BCUT2D eigenvalue weighted by Crippen LogP contribution is -2.42. The van der Waals surface area contributed by atoms with Gasteiger partial charge in [-0.05, 0) is 18.3 Å². The maximum atomic E-state index is 4.69. The van der Waals surface area contributed by atoms with Crippen molar-refractivity contribution < 1.29 is 0 Å². The zero-order chi connectivity index (χ0) is 17.0. The second-order valence-corrected chi connectivity index (χ2v) is 8.41. The first-order valence-corrected chi connectivity index (χ1v) is 10.5. The first kappa shape index (κ1) is 17.0. The van der Waals surface area contributed by atoms with Crippen LogP contribution >= 0.6 is 0 Å². The minimum Gasteiger partial charge on any atom is -0.297 e. The lowest BCUT2D eigenvalue weighted by molar-refractivity contribution is 0.319. The van der Waals surface area contributed by atoms with E-state index in [0.717, 1.165) is 35.1 Å². The molecule has 0 radical (unpaired) electrons. The minimum absolute atomic E-state index is 0.729. The molecule has 2 saturated carbocycles. The summed E-state index contributed by atoms with van der Waals surface area (Å²) in [6.45, 7) is 1.11. The summed E-state index contributed by atoms with van der Waals surface area (Å²) in [5, 5.41) is 0. The van der Waals surface area contributed by atoms with E-state index >= 15 is 0 Å². The van der Waals surface area contributed by atoms with E-state index in [1.165, 1.54) is 76.4 Å². The van der Waals surface area contributed by atoms with Crippen LogP contribution in [0.3, 0.4) is 0 Å². The second-order valence-electron chi connectivity index (χ2n) is 8.41. The lowest BCUT2D eigenvalue weighted by atomic mass is 9.87. The molecule has 2 fully saturated rings. The average Bonchev–Trinajstić information content (AvgIpc) is 3.41. The van der Waals surface area contributed by atoms with Crippen LogP contribution in [-0.2, 0) is 6.42 Å². The van der Waals surface area contributed by atoms with Crippen LogP contribution in [0.25, 0.3) is 0 Å². The maximum absolute atomic E-state index is 4.69. The molecule has 0 amide bonds. The molecule has 0 spiro atoms. The number of aliphatic imine (C=N–C) groups is 1. The fraction of sp³-hybridized carbons (Fsp3) is 0.714. The van der Waals surface area contributed by atoms with Crippen molar-refractivity contribution >= 4 is 12.2 Å². The van der Waals surface area contributed by atoms with E-state index in [2.05, 4.69) is 22.5 Å². The summed E-state index contributed by atoms with van der Waals surface area (Å²) in [4.78, 5) is 12.7. The molecule has 0 aromatic carbocycles. The molecule has 0 bridgehead atoms. The monoisotopic (exact) mass is 341 g/mol. The van der Waals surface area contributed by atoms with Crippen molar-refractivity contribution in [1.29, 1.82) is 0 Å². The number of aryl methyl sites for hydroxylation is 1. The molecule has 1 aromatic heterocycles. The van der Waals surface area contributed by atoms with E-state index in [0.29, 0.717) is 0 Å². The normalized spacial score (nSPS) is 27.5. The Kier molecular flexibility index (Phi) is 5.35. The number of aromatic amines is 1. The summed E-state index contributed by atoms with van der Waals surface area (Å²) in [6.07, 6.45) is 24.8. The first-order chi connectivity index (χ1) is 12.3. The molecule has 4 heteroatoms. The minimum atomic E-state index is 0.729. The summed E-state index contributed by atoms with van der Waals surface area (Å²) in [6, 6.07) is 0. The molecule has 1 aromatic rings. The van der Waals surface area contributed by atoms with E-state index < -0.39 is 0 Å². The Labute approximate surface area is 152 Å². The van der Waals surface area contributed by atoms with Gasteiger partial charge in [0.15, 0.2) is 0 Å². The molecule has 4 nitrogen and oxygen atoms in total. The van der Waals surface area contributed by atoms with Crippen molar-refractivity contribution in [2.45, 2.75) is 77.0 Å². The summed E-state index contributed by atoms with van der Waals surface area (Å²) < 4.78 is 0.729. The van der Waals surface area contributed by atoms with Crippen LogP contribution in [-0.4, -0.2) is 22.9 Å². The predicted octanol–water partition coefficient (Wildman–Crippen LogP) is 5.32. The van der Waals surface area contributed by atoms with Crippen molar-refractivity contribution in [3.63, 3.8) is 0 Å². The van der Waals surface area contributed by atoms with Crippen molar-refractivity contribution in [3.05, 3.63) is 24.4 Å². The number of hydrogen-bond acceptors (Lipinski definition) is 2. The molecule has 1 N–H and O–H groups in total. The Morgan fingerprint density at radius 2 is 1.68 bits per heavy atom. The summed E-state index contributed by atoms with van der Waals surface area (Å²) >= 11 is 0. The molecule has 2 aliphatic carbocycles. The van der Waals surface area contributed by atoms with E-state index in [-0.39, 0.29) is 0 Å². The Bertz CT molecular complexity index is 591. The van der Waals surface area contributed by atoms with Crippen LogP contribution in [0, 0.1) is 11.8 Å². The fourth-order valence-electron chi connectivity index (χ4n) is 4.95. The molecule has 25 heavy (non-hydrogen) atoms. The Hall–Kier alpha value is -1.42. The van der Waals surface area contributed by atoms with Gasteiger partial charge >= 0.3 is 0 Å². The Morgan fingerprint density at radius 1 is 0.960 bits per heavy atom. The van der Waals surface area contributed by atoms with Gasteiger partial charge < -0.3 is 0 Å². The van der Waals surface area contributed by atoms with E-state index in [1.807, 2.05) is 12.4 Å². The van der Waals surface area contributed by atoms with Gasteiger partial charge in [0.1, 0.15) is 18.2 Å². The first-order valence-electron chi connectivity index (χ1n) is 10.5. The topological polar surface area (TPSA) is 41.0 Å². The average molecular weight is 342 g/mol. The van der Waals surface area contributed by atoms with Crippen LogP contribution in [0.4, 0.5) is 5.82 Å². The van der Waals surface area contributed by atoms with Crippen molar-refractivity contribution in [3.8, 4) is 0 Å². The van der Waals surface area contributed by atoms with E-state index in [4.69, 9.17) is 4.98 Å². The third-order valence-corrected chi connectivity index (χ3v) is 6.65. The van der Waals surface area contributed by atoms with Gasteiger partial charge in [-0.3, -0.25) is 4.98 Å². The molecule has 136 valence electrons. The largest absolute Gasteiger partial charge is 0.297 e. The number of rotatable bonds is 7. The Morgan fingerprint density at radius 3 is 2.40 bits per heavy atom. The van der Waals surface area contributed by atoms with Gasteiger partial charge in [-0.25, -0.2) is 14.5 Å². The summed E-state index contributed by atoms with van der Waals surface area (Å²) in [5.74, 6) is 4.17. The van der Waals surface area contributed by atoms with Gasteiger partial charge in [-0.15, -0.1) is 0 Å². The highest BCUT2D eigenvalue weighted by Crippen LogP contribution is 2.31. The van der Waals surface area contributed by atoms with Crippen LogP contribution in [0.15, 0.2) is 23.6 Å². The lowest BCUT2D eigenvalue weighted by Gasteiger charge is -2.28. The molecular formula is C21H33N4+. The predicted molar refractivity (Wildman–Crippen MR) is 104 cm³/mol. The number of aromatic nitrogens is 2. The SMILES string of the molecule is C1=C[N+](CCC2CCCCC2)(c2cnc(CCC3CCCC3)[nH]2)C=N1. The molecular weight excluding hydrogens is 308 g/mol. The highest BCUT2D eigenvalue weighted by molar-refractivity contribution is 5.76. The van der Waals surface area contributed by atoms with Crippen molar-refractivity contribution in [2.24, 2.45) is 16.8 Å². The molecule has 4 rings (SSSR count). The third kappa shape index (κ3) is 4.05. The van der Waals surface area contributed by atoms with Gasteiger partial charge in [-0.1, -0.05) is 57.8 Å². The molecule has 3 aliphatic rings. The number of H-pyrrole nitrogens is 1. The molecule has 1 atom stereocenters. The van der Waals surface area contributed by atoms with Crippen LogP contribution in [0.1, 0.15) is 76.5 Å². The number of quaternary nitrogens is 1. The maximum Gasteiger partial charge on any atom is 0.236 e. The van der Waals surface area contributed by atoms with E-state index in [1.54, 1.807) is 0 Å². The zero-order valence-corrected chi connectivity index (χ0v) is 15.5. The van der Waals surface area contributed by atoms with Crippen molar-refractivity contribution in [1.82, 2.24) is 14.5 Å². The summed E-state index contributed by atoms with van der Waals surface area (Å²) in [5.41, 5.74) is 0. The molecule has 1 aliphatic heterocycles. The van der Waals surface area contributed by atoms with Crippen molar-refractivity contribution in [2.75, 3.05) is 6.54 Å². The highest BCUT2D eigenvalue weighted by Gasteiger charge is 2.32. The zero-order valence-electron chi connectivity index (χ0n) is 15.5. The van der Waals surface area contributed by atoms with Gasteiger partial charge in [0, 0.05) is 12.8 Å². The molecule has 0 saturated heterocycles. The van der Waals surface area contributed by atoms with Gasteiger partial charge in [-0.2, -0.15) is 0 Å². The molecule has 2 heterocycles. The van der Waals surface area contributed by atoms with Crippen LogP contribution < -0.4 is 4.48 Å². The molecule has 1 unspecified atom stereocenters. The van der Waals surface area contributed by atoms with E-state index in [9.17, 15) is 0 Å². The number of imidazole rings is 1. The van der Waals surface area contributed by atoms with Gasteiger partial charge in [0.25, 0.3) is 0 Å². The number of hydrogen-bond donors (Lipinski definition) is 1. The van der Waals surface area contributed by atoms with Gasteiger partial charge in [0.05, 0.1) is 12.7 Å². The Balaban J connectivity index is 1.38. The third-order valence-electron chi connectivity index (χ3n) is 6.65. The number of nitrogens with zero attached hydrogens (tertiary/aromatic N) is 3. The quantitative estimate of drug-likeness (QED) is 0.670. The fourth-order valence-corrected chi connectivity index (χ4v) is 4.95. The highest BCUT2D eigenvalue weighted by atomic mass is 15.4.